The Balaban J connectivity index is 1.75. The molecule has 0 radical (unpaired) electrons. The topological polar surface area (TPSA) is 92.8 Å². The quantitative estimate of drug-likeness (QED) is 0.599. The maximum absolute atomic E-state index is 12.5. The number of rotatable bonds is 9. The number of ether oxygens (including phenoxy) is 1. The molecule has 0 heterocycles. The van der Waals surface area contributed by atoms with E-state index < -0.39 is 15.6 Å². The molecule has 2 rings (SSSR count). The number of carbonyl (C=O) groups is 2. The molecular formula is C22H34N2O5S. The Morgan fingerprint density at radius 1 is 1.10 bits per heavy atom. The number of amides is 1. The van der Waals surface area contributed by atoms with E-state index in [2.05, 4.69) is 4.72 Å². The van der Waals surface area contributed by atoms with Crippen LogP contribution in [0.15, 0.2) is 23.1 Å². The van der Waals surface area contributed by atoms with Crippen molar-refractivity contribution in [3.05, 3.63) is 29.3 Å². The highest BCUT2D eigenvalue weighted by Crippen LogP contribution is 2.24. The van der Waals surface area contributed by atoms with Crippen molar-refractivity contribution in [1.29, 1.82) is 0 Å². The van der Waals surface area contributed by atoms with Gasteiger partial charge >= 0.3 is 5.97 Å². The van der Waals surface area contributed by atoms with Gasteiger partial charge in [0, 0.05) is 33.0 Å². The Labute approximate surface area is 180 Å². The van der Waals surface area contributed by atoms with Gasteiger partial charge in [-0.15, -0.1) is 0 Å². The highest BCUT2D eigenvalue weighted by Gasteiger charge is 2.19. The third-order valence-electron chi connectivity index (χ3n) is 4.98. The molecule has 1 aliphatic rings. The number of nitrogens with zero attached hydrogens (tertiary/aromatic N) is 1. The fourth-order valence-corrected chi connectivity index (χ4v) is 4.50. The van der Waals surface area contributed by atoms with Crippen LogP contribution in [-0.4, -0.2) is 50.9 Å². The van der Waals surface area contributed by atoms with Gasteiger partial charge in [0.1, 0.15) is 5.60 Å². The third-order valence-corrected chi connectivity index (χ3v) is 6.44. The molecular weight excluding hydrogens is 404 g/mol. The van der Waals surface area contributed by atoms with Crippen molar-refractivity contribution in [3.63, 3.8) is 0 Å². The minimum atomic E-state index is -3.64. The largest absolute Gasteiger partial charge is 0.460 e. The van der Waals surface area contributed by atoms with Gasteiger partial charge in [-0.1, -0.05) is 6.07 Å². The molecule has 0 fully saturated rings. The summed E-state index contributed by atoms with van der Waals surface area (Å²) in [6.45, 7) is 5.88. The maximum atomic E-state index is 12.5. The zero-order chi connectivity index (χ0) is 22.4. The van der Waals surface area contributed by atoms with Crippen LogP contribution in [0.3, 0.4) is 0 Å². The van der Waals surface area contributed by atoms with E-state index in [0.29, 0.717) is 13.0 Å². The van der Waals surface area contributed by atoms with Crippen molar-refractivity contribution in [2.75, 3.05) is 20.1 Å². The predicted molar refractivity (Wildman–Crippen MR) is 116 cm³/mol. The lowest BCUT2D eigenvalue weighted by Gasteiger charge is -2.20. The summed E-state index contributed by atoms with van der Waals surface area (Å²) in [7, 11) is -1.99. The SMILES string of the molecule is CN(CCCC(=O)OC(C)(C)C)C(=O)CCNS(=O)(=O)c1ccc2c(c1)CCCC2. The van der Waals surface area contributed by atoms with Gasteiger partial charge in [0.2, 0.25) is 15.9 Å². The number of fused-ring (bicyclic) bond motifs is 1. The van der Waals surface area contributed by atoms with Gasteiger partial charge in [-0.05, 0) is 76.1 Å². The van der Waals surface area contributed by atoms with Crippen LogP contribution in [0.2, 0.25) is 0 Å². The second kappa shape index (κ2) is 10.4. The molecule has 1 amide bonds. The summed E-state index contributed by atoms with van der Waals surface area (Å²) in [6.07, 6.45) is 4.93. The van der Waals surface area contributed by atoms with Crippen molar-refractivity contribution in [1.82, 2.24) is 9.62 Å². The van der Waals surface area contributed by atoms with Crippen molar-refractivity contribution >= 4 is 21.9 Å². The number of sulfonamides is 1. The van der Waals surface area contributed by atoms with Gasteiger partial charge in [0.05, 0.1) is 4.90 Å². The average Bonchev–Trinajstić information content (AvgIpc) is 2.65. The molecule has 0 saturated heterocycles. The average molecular weight is 439 g/mol. The van der Waals surface area contributed by atoms with E-state index in [1.54, 1.807) is 19.2 Å². The van der Waals surface area contributed by atoms with E-state index in [0.717, 1.165) is 31.2 Å². The first-order valence-electron chi connectivity index (χ1n) is 10.6. The molecule has 8 heteroatoms. The first-order valence-corrected chi connectivity index (χ1v) is 12.0. The summed E-state index contributed by atoms with van der Waals surface area (Å²) in [4.78, 5) is 25.7. The molecule has 0 spiro atoms. The fourth-order valence-electron chi connectivity index (χ4n) is 3.42. The van der Waals surface area contributed by atoms with Crippen molar-refractivity contribution in [3.8, 4) is 0 Å². The summed E-state index contributed by atoms with van der Waals surface area (Å²) >= 11 is 0. The van der Waals surface area contributed by atoms with E-state index in [1.165, 1.54) is 10.5 Å². The second-order valence-corrected chi connectivity index (χ2v) is 10.6. The van der Waals surface area contributed by atoms with Gasteiger partial charge in [-0.25, -0.2) is 13.1 Å². The van der Waals surface area contributed by atoms with Crippen LogP contribution in [0.4, 0.5) is 0 Å². The molecule has 1 aliphatic carbocycles. The summed E-state index contributed by atoms with van der Waals surface area (Å²) in [5.41, 5.74) is 1.81. The highest BCUT2D eigenvalue weighted by molar-refractivity contribution is 7.89. The Kier molecular flexibility index (Phi) is 8.43. The number of aryl methyl sites for hydroxylation is 2. The number of benzene rings is 1. The van der Waals surface area contributed by atoms with Crippen LogP contribution >= 0.6 is 0 Å². The molecule has 0 aromatic heterocycles. The monoisotopic (exact) mass is 438 g/mol. The Morgan fingerprint density at radius 3 is 2.43 bits per heavy atom. The van der Waals surface area contributed by atoms with E-state index in [1.807, 2.05) is 26.8 Å². The van der Waals surface area contributed by atoms with Crippen LogP contribution in [0, 0.1) is 0 Å². The van der Waals surface area contributed by atoms with Crippen LogP contribution in [-0.2, 0) is 37.2 Å². The molecule has 30 heavy (non-hydrogen) atoms. The number of hydrogen-bond donors (Lipinski definition) is 1. The number of carbonyl (C=O) groups excluding carboxylic acids is 2. The Hall–Kier alpha value is -1.93. The first-order chi connectivity index (χ1) is 14.0. The zero-order valence-corrected chi connectivity index (χ0v) is 19.3. The molecule has 0 unspecified atom stereocenters. The van der Waals surface area contributed by atoms with E-state index in [-0.39, 0.29) is 36.2 Å². The lowest BCUT2D eigenvalue weighted by atomic mass is 9.92. The molecule has 0 saturated carbocycles. The summed E-state index contributed by atoms with van der Waals surface area (Å²) in [6, 6.07) is 5.28. The maximum Gasteiger partial charge on any atom is 0.306 e. The minimum Gasteiger partial charge on any atom is -0.460 e. The molecule has 7 nitrogen and oxygen atoms in total. The minimum absolute atomic E-state index is 0.0364. The highest BCUT2D eigenvalue weighted by atomic mass is 32.2. The predicted octanol–water partition coefficient (Wildman–Crippen LogP) is 2.81. The van der Waals surface area contributed by atoms with Crippen molar-refractivity contribution in [2.24, 2.45) is 0 Å². The van der Waals surface area contributed by atoms with Gasteiger partial charge in [0.15, 0.2) is 0 Å². The lowest BCUT2D eigenvalue weighted by molar-refractivity contribution is -0.155. The van der Waals surface area contributed by atoms with Gasteiger partial charge < -0.3 is 9.64 Å². The van der Waals surface area contributed by atoms with Crippen LogP contribution in [0.1, 0.15) is 64.0 Å². The standard InChI is InChI=1S/C22H34N2O5S/c1-22(2,3)29-21(26)10-7-15-24(4)20(25)13-14-23-30(27,28)19-12-11-17-8-5-6-9-18(17)16-19/h11-12,16,23H,5-10,13-15H2,1-4H3. The number of hydrogen-bond acceptors (Lipinski definition) is 5. The lowest BCUT2D eigenvalue weighted by Crippen LogP contribution is -2.33. The summed E-state index contributed by atoms with van der Waals surface area (Å²) < 4.78 is 32.8. The Morgan fingerprint density at radius 2 is 1.77 bits per heavy atom. The molecule has 1 aromatic rings. The zero-order valence-electron chi connectivity index (χ0n) is 18.5. The van der Waals surface area contributed by atoms with Gasteiger partial charge in [-0.3, -0.25) is 9.59 Å². The van der Waals surface area contributed by atoms with Crippen LogP contribution in [0.5, 0.6) is 0 Å². The molecule has 1 aromatic carbocycles. The van der Waals surface area contributed by atoms with E-state index in [9.17, 15) is 18.0 Å². The van der Waals surface area contributed by atoms with Gasteiger partial charge in [0.25, 0.3) is 0 Å². The van der Waals surface area contributed by atoms with Crippen molar-refractivity contribution in [2.45, 2.75) is 76.2 Å². The second-order valence-electron chi connectivity index (χ2n) is 8.79. The Bertz CT molecular complexity index is 859. The smallest absolute Gasteiger partial charge is 0.306 e. The van der Waals surface area contributed by atoms with Crippen LogP contribution < -0.4 is 4.72 Å². The molecule has 168 valence electrons. The van der Waals surface area contributed by atoms with E-state index >= 15 is 0 Å². The molecule has 0 bridgehead atoms. The normalized spacial score (nSPS) is 14.1. The molecule has 0 aliphatic heterocycles. The number of esters is 1. The van der Waals surface area contributed by atoms with Crippen LogP contribution in [0.25, 0.3) is 0 Å². The summed E-state index contributed by atoms with van der Waals surface area (Å²) in [5.74, 6) is -0.464. The third kappa shape index (κ3) is 7.72. The number of nitrogens with one attached hydrogen (secondary N) is 1. The molecule has 0 atom stereocenters. The summed E-state index contributed by atoms with van der Waals surface area (Å²) in [5, 5.41) is 0. The molecule has 1 N–H and O–H groups in total. The fraction of sp³-hybridized carbons (Fsp3) is 0.636. The van der Waals surface area contributed by atoms with Crippen molar-refractivity contribution < 1.29 is 22.7 Å². The van der Waals surface area contributed by atoms with Gasteiger partial charge in [-0.2, -0.15) is 0 Å². The first kappa shape index (κ1) is 24.3. The van der Waals surface area contributed by atoms with E-state index in [4.69, 9.17) is 4.74 Å².